The number of benzene rings is 3. The first kappa shape index (κ1) is 25.6. The predicted molar refractivity (Wildman–Crippen MR) is 133 cm³/mol. The Morgan fingerprint density at radius 2 is 1.62 bits per heavy atom. The van der Waals surface area contributed by atoms with Crippen LogP contribution >= 0.6 is 23.2 Å². The van der Waals surface area contributed by atoms with Crippen molar-refractivity contribution in [1.29, 1.82) is 0 Å². The summed E-state index contributed by atoms with van der Waals surface area (Å²) in [5.41, 5.74) is 2.49. The van der Waals surface area contributed by atoms with E-state index in [0.29, 0.717) is 10.7 Å². The molecule has 0 bridgehead atoms. The maximum Gasteiger partial charge on any atom is 0.337 e. The lowest BCUT2D eigenvalue weighted by Gasteiger charge is -2.25. The molecule has 0 aromatic heterocycles. The maximum absolute atomic E-state index is 13.5. The minimum absolute atomic E-state index is 0.0198. The van der Waals surface area contributed by atoms with Gasteiger partial charge in [0.15, 0.2) is 0 Å². The highest BCUT2D eigenvalue weighted by Crippen LogP contribution is 2.28. The number of hydrogen-bond acceptors (Lipinski definition) is 5. The second kappa shape index (κ2) is 10.5. The molecular weight excluding hydrogens is 499 g/mol. The van der Waals surface area contributed by atoms with Gasteiger partial charge in [-0.2, -0.15) is 0 Å². The number of ether oxygens (including phenoxy) is 1. The van der Waals surface area contributed by atoms with E-state index in [9.17, 15) is 18.0 Å². The number of nitrogens with one attached hydrogen (secondary N) is 1. The van der Waals surface area contributed by atoms with E-state index in [1.54, 1.807) is 18.2 Å². The summed E-state index contributed by atoms with van der Waals surface area (Å²) in [6.45, 7) is 3.22. The van der Waals surface area contributed by atoms with Crippen molar-refractivity contribution in [3.63, 3.8) is 0 Å². The molecule has 10 heteroatoms. The predicted octanol–water partition coefficient (Wildman–Crippen LogP) is 5.23. The van der Waals surface area contributed by atoms with E-state index in [1.165, 1.54) is 49.6 Å². The summed E-state index contributed by atoms with van der Waals surface area (Å²) in [6.07, 6.45) is 0. The molecule has 34 heavy (non-hydrogen) atoms. The van der Waals surface area contributed by atoms with Crippen LogP contribution < -0.4 is 9.62 Å². The lowest BCUT2D eigenvalue weighted by atomic mass is 10.1. The fraction of sp³-hybridized carbons (Fsp3) is 0.167. The van der Waals surface area contributed by atoms with Gasteiger partial charge in [0.25, 0.3) is 10.0 Å². The summed E-state index contributed by atoms with van der Waals surface area (Å²) in [5.74, 6) is -1.26. The number of nitrogens with zero attached hydrogens (tertiary/aromatic N) is 1. The molecule has 3 aromatic carbocycles. The number of esters is 1. The van der Waals surface area contributed by atoms with Gasteiger partial charge < -0.3 is 10.1 Å². The monoisotopic (exact) mass is 520 g/mol. The van der Waals surface area contributed by atoms with Crippen LogP contribution in [0.15, 0.2) is 65.6 Å². The molecule has 1 amide bonds. The van der Waals surface area contributed by atoms with Crippen molar-refractivity contribution in [2.45, 2.75) is 18.7 Å². The van der Waals surface area contributed by atoms with E-state index in [4.69, 9.17) is 23.2 Å². The van der Waals surface area contributed by atoms with Crippen LogP contribution in [0.25, 0.3) is 0 Å². The van der Waals surface area contributed by atoms with Gasteiger partial charge in [-0.05, 0) is 79.6 Å². The molecule has 0 atom stereocenters. The molecule has 0 saturated carbocycles. The number of methoxy groups -OCH3 is 1. The third kappa shape index (κ3) is 5.70. The highest BCUT2D eigenvalue weighted by molar-refractivity contribution is 7.92. The number of carbonyl (C=O) groups is 2. The lowest BCUT2D eigenvalue weighted by molar-refractivity contribution is -0.114. The topological polar surface area (TPSA) is 92.8 Å². The SMILES string of the molecule is COC(=O)c1ccc(Cl)c(NC(=O)CN(c2ccc(C)c(C)c2)S(=O)(=O)c2ccc(Cl)cc2)c1. The van der Waals surface area contributed by atoms with Crippen molar-refractivity contribution >= 4 is 56.5 Å². The number of rotatable bonds is 7. The molecule has 0 spiro atoms. The molecule has 0 aliphatic heterocycles. The standard InChI is InChI=1S/C24H22Cl2N2O5S/c1-15-4-8-19(12-16(15)2)28(34(31,32)20-9-6-18(25)7-10-20)14-23(29)27-22-13-17(24(30)33-3)5-11-21(22)26/h4-13H,14H2,1-3H3,(H,27,29). The third-order valence-corrected chi connectivity index (χ3v) is 7.50. The Kier molecular flexibility index (Phi) is 7.86. The average Bonchev–Trinajstić information content (AvgIpc) is 2.80. The van der Waals surface area contributed by atoms with Gasteiger partial charge in [0.2, 0.25) is 5.91 Å². The van der Waals surface area contributed by atoms with Gasteiger partial charge in [-0.15, -0.1) is 0 Å². The number of hydrogen-bond donors (Lipinski definition) is 1. The van der Waals surface area contributed by atoms with E-state index in [1.807, 2.05) is 13.8 Å². The first-order valence-electron chi connectivity index (χ1n) is 10.1. The third-order valence-electron chi connectivity index (χ3n) is 5.13. The molecule has 1 N–H and O–H groups in total. The van der Waals surface area contributed by atoms with E-state index < -0.39 is 28.4 Å². The number of carbonyl (C=O) groups excluding carboxylic acids is 2. The number of anilines is 2. The first-order chi connectivity index (χ1) is 16.0. The maximum atomic E-state index is 13.5. The molecule has 0 radical (unpaired) electrons. The number of halogens is 2. The summed E-state index contributed by atoms with van der Waals surface area (Å²) in [5, 5.41) is 3.15. The summed E-state index contributed by atoms with van der Waals surface area (Å²) < 4.78 is 32.7. The lowest BCUT2D eigenvalue weighted by Crippen LogP contribution is -2.38. The van der Waals surface area contributed by atoms with Crippen LogP contribution in [0.1, 0.15) is 21.5 Å². The highest BCUT2D eigenvalue weighted by atomic mass is 35.5. The Balaban J connectivity index is 1.97. The van der Waals surface area contributed by atoms with Crippen LogP contribution in [0, 0.1) is 13.8 Å². The average molecular weight is 521 g/mol. The molecule has 0 aliphatic rings. The second-order valence-corrected chi connectivity index (χ2v) is 10.2. The van der Waals surface area contributed by atoms with Gasteiger partial charge in [0.05, 0.1) is 34.0 Å². The summed E-state index contributed by atoms with van der Waals surface area (Å²) in [6, 6.07) is 15.0. The van der Waals surface area contributed by atoms with Gasteiger partial charge in [-0.25, -0.2) is 13.2 Å². The molecular formula is C24H22Cl2N2O5S. The molecule has 7 nitrogen and oxygen atoms in total. The van der Waals surface area contributed by atoms with E-state index >= 15 is 0 Å². The zero-order valence-corrected chi connectivity index (χ0v) is 21.0. The molecule has 3 rings (SSSR count). The zero-order chi connectivity index (χ0) is 25.0. The summed E-state index contributed by atoms with van der Waals surface area (Å²) in [4.78, 5) is 24.8. The minimum Gasteiger partial charge on any atom is -0.465 e. The Hall–Kier alpha value is -3.07. The van der Waals surface area contributed by atoms with Crippen LogP contribution in [0.4, 0.5) is 11.4 Å². The highest BCUT2D eigenvalue weighted by Gasteiger charge is 2.28. The van der Waals surface area contributed by atoms with E-state index in [-0.39, 0.29) is 21.2 Å². The van der Waals surface area contributed by atoms with Crippen molar-refractivity contribution in [2.75, 3.05) is 23.3 Å². The van der Waals surface area contributed by atoms with Crippen LogP contribution in [-0.2, 0) is 19.6 Å². The van der Waals surface area contributed by atoms with Crippen LogP contribution in [-0.4, -0.2) is 33.9 Å². The molecule has 178 valence electrons. The van der Waals surface area contributed by atoms with Gasteiger partial charge in [-0.1, -0.05) is 29.3 Å². The number of aryl methyl sites for hydroxylation is 2. The molecule has 0 fully saturated rings. The van der Waals surface area contributed by atoms with Crippen molar-refractivity contribution < 1.29 is 22.7 Å². The molecule has 0 aliphatic carbocycles. The Morgan fingerprint density at radius 1 is 0.941 bits per heavy atom. The van der Waals surface area contributed by atoms with Gasteiger partial charge in [0.1, 0.15) is 6.54 Å². The number of amides is 1. The normalized spacial score (nSPS) is 11.1. The second-order valence-electron chi connectivity index (χ2n) is 7.47. The van der Waals surface area contributed by atoms with Crippen LogP contribution in [0.3, 0.4) is 0 Å². The Morgan fingerprint density at radius 3 is 2.24 bits per heavy atom. The van der Waals surface area contributed by atoms with Gasteiger partial charge in [0, 0.05) is 5.02 Å². The Labute approximate surface area is 208 Å². The van der Waals surface area contributed by atoms with Crippen LogP contribution in [0.2, 0.25) is 10.0 Å². The molecule has 3 aromatic rings. The summed E-state index contributed by atoms with van der Waals surface area (Å²) >= 11 is 12.1. The number of sulfonamides is 1. The molecule has 0 unspecified atom stereocenters. The van der Waals surface area contributed by atoms with E-state index in [2.05, 4.69) is 10.1 Å². The smallest absolute Gasteiger partial charge is 0.337 e. The fourth-order valence-corrected chi connectivity index (χ4v) is 4.82. The summed E-state index contributed by atoms with van der Waals surface area (Å²) in [7, 11) is -2.88. The van der Waals surface area contributed by atoms with E-state index in [0.717, 1.165) is 15.4 Å². The fourth-order valence-electron chi connectivity index (χ4n) is 3.12. The van der Waals surface area contributed by atoms with Gasteiger partial charge in [-0.3, -0.25) is 9.10 Å². The van der Waals surface area contributed by atoms with Crippen molar-refractivity contribution in [2.24, 2.45) is 0 Å². The minimum atomic E-state index is -4.12. The first-order valence-corrected chi connectivity index (χ1v) is 12.3. The largest absolute Gasteiger partial charge is 0.465 e. The van der Waals surface area contributed by atoms with Crippen LogP contribution in [0.5, 0.6) is 0 Å². The van der Waals surface area contributed by atoms with Crippen molar-refractivity contribution in [1.82, 2.24) is 0 Å². The molecule has 0 saturated heterocycles. The quantitative estimate of drug-likeness (QED) is 0.430. The van der Waals surface area contributed by atoms with Gasteiger partial charge >= 0.3 is 5.97 Å². The molecule has 0 heterocycles. The zero-order valence-electron chi connectivity index (χ0n) is 18.6. The van der Waals surface area contributed by atoms with Crippen molar-refractivity contribution in [3.8, 4) is 0 Å². The van der Waals surface area contributed by atoms with Crippen molar-refractivity contribution in [3.05, 3.63) is 87.4 Å². The Bertz CT molecular complexity index is 1340.